The minimum atomic E-state index is -0.503. The third kappa shape index (κ3) is 5.43. The molecule has 0 atom stereocenters. The van der Waals surface area contributed by atoms with Gasteiger partial charge in [-0.3, -0.25) is 19.7 Å². The molecule has 0 bridgehead atoms. The molecule has 2 amide bonds. The number of nitro benzene ring substituents is 1. The Morgan fingerprint density at radius 1 is 1.23 bits per heavy atom. The second-order valence-corrected chi connectivity index (χ2v) is 7.82. The molecule has 0 saturated heterocycles. The summed E-state index contributed by atoms with van der Waals surface area (Å²) >= 11 is 0. The van der Waals surface area contributed by atoms with E-state index in [0.29, 0.717) is 23.8 Å². The lowest BCUT2D eigenvalue weighted by molar-refractivity contribution is -0.385. The van der Waals surface area contributed by atoms with Crippen LogP contribution in [0.2, 0.25) is 0 Å². The predicted molar refractivity (Wildman–Crippen MR) is 110 cm³/mol. The molecule has 160 valence electrons. The van der Waals surface area contributed by atoms with E-state index in [0.717, 1.165) is 25.7 Å². The van der Waals surface area contributed by atoms with Crippen LogP contribution in [0.5, 0.6) is 0 Å². The molecule has 1 fully saturated rings. The van der Waals surface area contributed by atoms with Crippen molar-refractivity contribution < 1.29 is 19.0 Å². The number of nitrogens with one attached hydrogen (secondary N) is 1. The Hall–Kier alpha value is -3.23. The molecule has 0 spiro atoms. The van der Waals surface area contributed by atoms with E-state index in [2.05, 4.69) is 10.5 Å². The summed E-state index contributed by atoms with van der Waals surface area (Å²) in [6, 6.07) is 6.00. The maximum absolute atomic E-state index is 13.2. The summed E-state index contributed by atoms with van der Waals surface area (Å²) in [7, 11) is 0. The second kappa shape index (κ2) is 9.51. The van der Waals surface area contributed by atoms with Gasteiger partial charge in [0.25, 0.3) is 11.6 Å². The number of aromatic nitrogens is 1. The van der Waals surface area contributed by atoms with Gasteiger partial charge in [-0.2, -0.15) is 0 Å². The molecule has 2 aromatic rings. The minimum absolute atomic E-state index is 0.110. The van der Waals surface area contributed by atoms with E-state index in [1.165, 1.54) is 17.4 Å². The van der Waals surface area contributed by atoms with Gasteiger partial charge in [0, 0.05) is 29.8 Å². The van der Waals surface area contributed by atoms with Gasteiger partial charge in [0.15, 0.2) is 5.82 Å². The molecule has 0 radical (unpaired) electrons. The number of rotatable bonds is 7. The quantitative estimate of drug-likeness (QED) is 0.543. The van der Waals surface area contributed by atoms with Crippen LogP contribution in [-0.2, 0) is 4.79 Å². The highest BCUT2D eigenvalue weighted by Gasteiger charge is 2.26. The minimum Gasteiger partial charge on any atom is -0.360 e. The summed E-state index contributed by atoms with van der Waals surface area (Å²) in [5, 5.41) is 17.6. The summed E-state index contributed by atoms with van der Waals surface area (Å²) in [5.74, 6) is 0.371. The van der Waals surface area contributed by atoms with Crippen LogP contribution in [0.15, 0.2) is 28.8 Å². The van der Waals surface area contributed by atoms with Crippen molar-refractivity contribution >= 4 is 23.3 Å². The van der Waals surface area contributed by atoms with Crippen LogP contribution < -0.4 is 5.32 Å². The summed E-state index contributed by atoms with van der Waals surface area (Å²) in [6.45, 7) is 3.61. The van der Waals surface area contributed by atoms with Gasteiger partial charge in [-0.15, -0.1) is 0 Å². The number of carbonyl (C=O) groups is 2. The van der Waals surface area contributed by atoms with Gasteiger partial charge >= 0.3 is 0 Å². The predicted octanol–water partition coefficient (Wildman–Crippen LogP) is 3.86. The molecule has 0 unspecified atom stereocenters. The number of nitro groups is 1. The molecule has 1 N–H and O–H groups in total. The number of aryl methyl sites for hydroxylation is 2. The fourth-order valence-electron chi connectivity index (χ4n) is 3.80. The van der Waals surface area contributed by atoms with Crippen molar-refractivity contribution in [3.05, 3.63) is 51.3 Å². The van der Waals surface area contributed by atoms with Gasteiger partial charge in [-0.05, 0) is 38.7 Å². The van der Waals surface area contributed by atoms with Crippen LogP contribution in [0.25, 0.3) is 0 Å². The molecular formula is C21H26N4O5. The van der Waals surface area contributed by atoms with Crippen LogP contribution in [0, 0.1) is 29.9 Å². The molecule has 0 aliphatic heterocycles. The average Bonchev–Trinajstić information content (AvgIpc) is 3.12. The highest BCUT2D eigenvalue weighted by Crippen LogP contribution is 2.26. The lowest BCUT2D eigenvalue weighted by Crippen LogP contribution is -2.41. The first kappa shape index (κ1) is 21.5. The first-order chi connectivity index (χ1) is 14.3. The normalized spacial score (nSPS) is 14.3. The Balaban J connectivity index is 1.78. The van der Waals surface area contributed by atoms with Crippen LogP contribution >= 0.6 is 0 Å². The van der Waals surface area contributed by atoms with Crippen molar-refractivity contribution in [2.45, 2.75) is 46.0 Å². The third-order valence-electron chi connectivity index (χ3n) is 5.37. The van der Waals surface area contributed by atoms with E-state index in [-0.39, 0.29) is 23.6 Å². The van der Waals surface area contributed by atoms with Crippen molar-refractivity contribution in [3.63, 3.8) is 0 Å². The van der Waals surface area contributed by atoms with Crippen molar-refractivity contribution in [2.24, 2.45) is 5.92 Å². The fraction of sp³-hybridized carbons (Fsp3) is 0.476. The Bertz CT molecular complexity index is 933. The number of hydrogen-bond donors (Lipinski definition) is 1. The molecule has 9 nitrogen and oxygen atoms in total. The van der Waals surface area contributed by atoms with E-state index < -0.39 is 16.7 Å². The Morgan fingerprint density at radius 2 is 1.97 bits per heavy atom. The highest BCUT2D eigenvalue weighted by atomic mass is 16.6. The van der Waals surface area contributed by atoms with Crippen LogP contribution in [-0.4, -0.2) is 39.9 Å². The van der Waals surface area contributed by atoms with Crippen molar-refractivity contribution in [1.82, 2.24) is 10.1 Å². The topological polar surface area (TPSA) is 119 Å². The molecule has 1 aromatic carbocycles. The standard InChI is InChI=1S/C21H26N4O5/c1-14-8-9-17(11-18(14)25(28)29)21(27)24(12-16-6-4-3-5-7-16)13-20(26)22-19-10-15(2)30-23-19/h8-11,16H,3-7,12-13H2,1-2H3,(H,22,23,26). The largest absolute Gasteiger partial charge is 0.360 e. The molecular weight excluding hydrogens is 388 g/mol. The highest BCUT2D eigenvalue weighted by molar-refractivity contribution is 5.99. The van der Waals surface area contributed by atoms with Gasteiger partial charge < -0.3 is 14.7 Å². The van der Waals surface area contributed by atoms with Crippen molar-refractivity contribution in [1.29, 1.82) is 0 Å². The maximum Gasteiger partial charge on any atom is 0.273 e. The summed E-state index contributed by atoms with van der Waals surface area (Å²) in [5.41, 5.74) is 0.573. The number of benzene rings is 1. The Kier molecular flexibility index (Phi) is 6.81. The van der Waals surface area contributed by atoms with E-state index in [9.17, 15) is 19.7 Å². The zero-order valence-corrected chi connectivity index (χ0v) is 17.2. The van der Waals surface area contributed by atoms with Crippen molar-refractivity contribution in [2.75, 3.05) is 18.4 Å². The SMILES string of the molecule is Cc1cc(NC(=O)CN(CC2CCCCC2)C(=O)c2ccc(C)c([N+](=O)[O-])c2)no1. The first-order valence-corrected chi connectivity index (χ1v) is 10.1. The fourth-order valence-corrected chi connectivity index (χ4v) is 3.80. The first-order valence-electron chi connectivity index (χ1n) is 10.1. The average molecular weight is 414 g/mol. The Labute approximate surface area is 174 Å². The molecule has 1 heterocycles. The zero-order valence-electron chi connectivity index (χ0n) is 17.2. The second-order valence-electron chi connectivity index (χ2n) is 7.82. The zero-order chi connectivity index (χ0) is 21.7. The molecule has 9 heteroatoms. The van der Waals surface area contributed by atoms with Gasteiger partial charge in [0.05, 0.1) is 4.92 Å². The maximum atomic E-state index is 13.2. The number of carbonyl (C=O) groups excluding carboxylic acids is 2. The summed E-state index contributed by atoms with van der Waals surface area (Å²) in [4.78, 5) is 38.0. The van der Waals surface area contributed by atoms with Crippen LogP contribution in [0.4, 0.5) is 11.5 Å². The molecule has 1 aromatic heterocycles. The molecule has 1 saturated carbocycles. The lowest BCUT2D eigenvalue weighted by atomic mass is 9.89. The molecule has 1 aliphatic carbocycles. The van der Waals surface area contributed by atoms with Gasteiger partial charge in [-0.1, -0.05) is 30.5 Å². The number of anilines is 1. The summed E-state index contributed by atoms with van der Waals surface area (Å²) in [6.07, 6.45) is 5.39. The van der Waals surface area contributed by atoms with Gasteiger partial charge in [-0.25, -0.2) is 0 Å². The van der Waals surface area contributed by atoms with Crippen molar-refractivity contribution in [3.8, 4) is 0 Å². The van der Waals surface area contributed by atoms with Gasteiger partial charge in [0.1, 0.15) is 12.3 Å². The van der Waals surface area contributed by atoms with Crippen LogP contribution in [0.3, 0.4) is 0 Å². The van der Waals surface area contributed by atoms with E-state index in [4.69, 9.17) is 4.52 Å². The van der Waals surface area contributed by atoms with Crippen LogP contribution in [0.1, 0.15) is 53.8 Å². The van der Waals surface area contributed by atoms with E-state index in [1.54, 1.807) is 32.0 Å². The van der Waals surface area contributed by atoms with E-state index >= 15 is 0 Å². The Morgan fingerprint density at radius 3 is 2.60 bits per heavy atom. The monoisotopic (exact) mass is 414 g/mol. The number of nitrogens with zero attached hydrogens (tertiary/aromatic N) is 3. The number of amides is 2. The lowest BCUT2D eigenvalue weighted by Gasteiger charge is -2.29. The summed E-state index contributed by atoms with van der Waals surface area (Å²) < 4.78 is 4.95. The smallest absolute Gasteiger partial charge is 0.273 e. The molecule has 1 aliphatic rings. The van der Waals surface area contributed by atoms with E-state index in [1.807, 2.05) is 0 Å². The molecule has 3 rings (SSSR count). The number of hydrogen-bond acceptors (Lipinski definition) is 6. The third-order valence-corrected chi connectivity index (χ3v) is 5.37. The molecule has 30 heavy (non-hydrogen) atoms. The van der Waals surface area contributed by atoms with Gasteiger partial charge in [0.2, 0.25) is 5.91 Å².